The van der Waals surface area contributed by atoms with Gasteiger partial charge in [-0.15, -0.1) is 0 Å². The lowest BCUT2D eigenvalue weighted by Crippen LogP contribution is -2.30. The molecular weight excluding hydrogens is 346 g/mol. The Hall–Kier alpha value is -1.26. The van der Waals surface area contributed by atoms with Crippen molar-refractivity contribution in [2.75, 3.05) is 25.7 Å². The van der Waals surface area contributed by atoms with E-state index in [1.54, 1.807) is 60.7 Å². The van der Waals surface area contributed by atoms with Crippen LogP contribution in [0.3, 0.4) is 0 Å². The molecule has 0 aliphatic carbocycles. The molecule has 2 aromatic carbocycles. The molecule has 0 radical (unpaired) electrons. The van der Waals surface area contributed by atoms with Gasteiger partial charge in [-0.2, -0.15) is 0 Å². The van der Waals surface area contributed by atoms with E-state index >= 15 is 0 Å². The molecule has 0 heterocycles. The van der Waals surface area contributed by atoms with Gasteiger partial charge >= 0.3 is 0 Å². The van der Waals surface area contributed by atoms with E-state index in [4.69, 9.17) is 0 Å². The summed E-state index contributed by atoms with van der Waals surface area (Å²) in [6, 6.07) is 17.0. The average molecular weight is 368 g/mol. The Labute approximate surface area is 141 Å². The van der Waals surface area contributed by atoms with Crippen LogP contribution >= 0.6 is 14.7 Å². The zero-order valence-electron chi connectivity index (χ0n) is 13.2. The Morgan fingerprint density at radius 2 is 1.00 bits per heavy atom. The van der Waals surface area contributed by atoms with Gasteiger partial charge in [-0.05, 0) is 24.3 Å². The first-order valence-electron chi connectivity index (χ1n) is 7.58. The molecule has 4 N–H and O–H groups in total. The Morgan fingerprint density at radius 1 is 0.667 bits per heavy atom. The summed E-state index contributed by atoms with van der Waals surface area (Å²) in [5, 5.41) is 6.63. The average Bonchev–Trinajstić information content (AvgIpc) is 2.59. The van der Waals surface area contributed by atoms with Crippen LogP contribution in [0.2, 0.25) is 0 Å². The molecule has 2 aromatic rings. The topological polar surface area (TPSA) is 98.7 Å². The van der Waals surface area contributed by atoms with Crippen LogP contribution in [-0.2, 0) is 9.13 Å². The van der Waals surface area contributed by atoms with E-state index in [2.05, 4.69) is 10.6 Å². The number of benzene rings is 2. The zero-order valence-corrected chi connectivity index (χ0v) is 15.0. The second kappa shape index (κ2) is 8.72. The molecule has 8 heteroatoms. The van der Waals surface area contributed by atoms with E-state index < -0.39 is 14.7 Å². The van der Waals surface area contributed by atoms with Crippen molar-refractivity contribution >= 4 is 25.3 Å². The highest BCUT2D eigenvalue weighted by atomic mass is 31.2. The van der Waals surface area contributed by atoms with Gasteiger partial charge in [0.2, 0.25) is 14.7 Å². The Balaban J connectivity index is 1.70. The molecule has 0 bridgehead atoms. The summed E-state index contributed by atoms with van der Waals surface area (Å²) in [6.45, 7) is 0.846. The highest BCUT2D eigenvalue weighted by Gasteiger charge is 2.21. The summed E-state index contributed by atoms with van der Waals surface area (Å²) in [6.07, 6.45) is -0.0671. The van der Waals surface area contributed by atoms with Crippen molar-refractivity contribution in [1.82, 2.24) is 10.6 Å². The standard InChI is InChI=1S/C16H22N2O4P2/c19-23(20,15-7-3-1-4-8-15)13-17-11-12-18-14-24(21,22)16-9-5-2-6-10-16/h1-10,17-18H,11-14H2,(H,19,20)(H,21,22). The maximum Gasteiger partial charge on any atom is 0.242 e. The van der Waals surface area contributed by atoms with Crippen LogP contribution in [0.4, 0.5) is 0 Å². The van der Waals surface area contributed by atoms with Crippen LogP contribution in [-0.4, -0.2) is 35.4 Å². The van der Waals surface area contributed by atoms with Crippen molar-refractivity contribution in [1.29, 1.82) is 0 Å². The fraction of sp³-hybridized carbons (Fsp3) is 0.250. The molecule has 2 unspecified atom stereocenters. The van der Waals surface area contributed by atoms with Crippen molar-refractivity contribution in [3.8, 4) is 0 Å². The quantitative estimate of drug-likeness (QED) is 0.393. The van der Waals surface area contributed by atoms with Crippen LogP contribution in [0, 0.1) is 0 Å². The maximum absolute atomic E-state index is 12.2. The molecule has 0 aliphatic rings. The fourth-order valence-electron chi connectivity index (χ4n) is 2.14. The van der Waals surface area contributed by atoms with Gasteiger partial charge in [0.25, 0.3) is 0 Å². The molecule has 0 saturated carbocycles. The third-order valence-electron chi connectivity index (χ3n) is 3.45. The smallest absolute Gasteiger partial charge is 0.242 e. The van der Waals surface area contributed by atoms with Gasteiger partial charge in [-0.1, -0.05) is 36.4 Å². The van der Waals surface area contributed by atoms with Gasteiger partial charge in [0.05, 0.1) is 12.6 Å². The third-order valence-corrected chi connectivity index (χ3v) is 6.96. The summed E-state index contributed by atoms with van der Waals surface area (Å²) in [5.74, 6) is 0. The first-order valence-corrected chi connectivity index (χ1v) is 11.3. The fourth-order valence-corrected chi connectivity index (χ4v) is 4.71. The van der Waals surface area contributed by atoms with Crippen molar-refractivity contribution in [3.05, 3.63) is 60.7 Å². The molecule has 0 aromatic heterocycles. The van der Waals surface area contributed by atoms with Crippen molar-refractivity contribution in [2.45, 2.75) is 0 Å². The maximum atomic E-state index is 12.2. The first-order chi connectivity index (χ1) is 11.4. The molecule has 0 amide bonds. The molecule has 2 atom stereocenters. The SMILES string of the molecule is O=P(O)(CNCCNCP(=O)(O)c1ccccc1)c1ccccc1. The second-order valence-electron chi connectivity index (χ2n) is 5.39. The number of rotatable bonds is 9. The minimum absolute atomic E-state index is 0.0336. The van der Waals surface area contributed by atoms with Gasteiger partial charge in [-0.3, -0.25) is 9.13 Å². The summed E-state index contributed by atoms with van der Waals surface area (Å²) < 4.78 is 24.4. The van der Waals surface area contributed by atoms with E-state index in [9.17, 15) is 18.9 Å². The lowest BCUT2D eigenvalue weighted by atomic mass is 10.4. The van der Waals surface area contributed by atoms with Crippen LogP contribution in [0.25, 0.3) is 0 Å². The Kier molecular flexibility index (Phi) is 6.93. The zero-order chi connectivity index (χ0) is 17.5. The Morgan fingerprint density at radius 3 is 1.33 bits per heavy atom. The normalized spacial score (nSPS) is 16.2. The highest BCUT2D eigenvalue weighted by Crippen LogP contribution is 2.38. The van der Waals surface area contributed by atoms with E-state index in [1.807, 2.05) is 0 Å². The number of nitrogens with one attached hydrogen (secondary N) is 2. The van der Waals surface area contributed by atoms with Crippen LogP contribution in [0.15, 0.2) is 60.7 Å². The molecule has 0 aliphatic heterocycles. The van der Waals surface area contributed by atoms with Gasteiger partial charge in [0.15, 0.2) is 0 Å². The molecule has 6 nitrogen and oxygen atoms in total. The van der Waals surface area contributed by atoms with E-state index in [1.165, 1.54) is 0 Å². The predicted molar refractivity (Wildman–Crippen MR) is 97.5 cm³/mol. The van der Waals surface area contributed by atoms with Crippen LogP contribution in [0.5, 0.6) is 0 Å². The lowest BCUT2D eigenvalue weighted by molar-refractivity contribution is 0.477. The monoisotopic (exact) mass is 368 g/mol. The van der Waals surface area contributed by atoms with Gasteiger partial charge in [0.1, 0.15) is 0 Å². The lowest BCUT2D eigenvalue weighted by Gasteiger charge is -2.15. The minimum atomic E-state index is -3.42. The largest absolute Gasteiger partial charge is 0.340 e. The molecular formula is C16H22N2O4P2. The molecule has 24 heavy (non-hydrogen) atoms. The number of hydrogen-bond acceptors (Lipinski definition) is 4. The molecule has 2 rings (SSSR count). The summed E-state index contributed by atoms with van der Waals surface area (Å²) in [4.78, 5) is 20.0. The third kappa shape index (κ3) is 5.67. The molecule has 0 fully saturated rings. The summed E-state index contributed by atoms with van der Waals surface area (Å²) >= 11 is 0. The van der Waals surface area contributed by atoms with E-state index in [0.29, 0.717) is 23.7 Å². The van der Waals surface area contributed by atoms with Crippen molar-refractivity contribution in [2.24, 2.45) is 0 Å². The van der Waals surface area contributed by atoms with Crippen molar-refractivity contribution in [3.63, 3.8) is 0 Å². The van der Waals surface area contributed by atoms with Crippen LogP contribution < -0.4 is 21.2 Å². The first kappa shape index (κ1) is 19.1. The van der Waals surface area contributed by atoms with Crippen LogP contribution in [0.1, 0.15) is 0 Å². The van der Waals surface area contributed by atoms with Gasteiger partial charge < -0.3 is 20.4 Å². The number of hydrogen-bond donors (Lipinski definition) is 4. The summed E-state index contributed by atoms with van der Waals surface area (Å²) in [5.41, 5.74) is 0. The van der Waals surface area contributed by atoms with Gasteiger partial charge in [-0.25, -0.2) is 0 Å². The molecule has 130 valence electrons. The minimum Gasteiger partial charge on any atom is -0.340 e. The highest BCUT2D eigenvalue weighted by molar-refractivity contribution is 7.66. The van der Waals surface area contributed by atoms with E-state index in [-0.39, 0.29) is 12.6 Å². The van der Waals surface area contributed by atoms with E-state index in [0.717, 1.165) is 0 Å². The molecule has 0 spiro atoms. The molecule has 0 saturated heterocycles. The second-order valence-corrected chi connectivity index (χ2v) is 9.86. The van der Waals surface area contributed by atoms with Gasteiger partial charge in [0, 0.05) is 23.7 Å². The summed E-state index contributed by atoms with van der Waals surface area (Å²) in [7, 11) is -6.83. The predicted octanol–water partition coefficient (Wildman–Crippen LogP) is 1.27. The Bertz CT molecular complexity index is 662. The van der Waals surface area contributed by atoms with Crippen molar-refractivity contribution < 1.29 is 18.9 Å².